The van der Waals surface area contributed by atoms with Crippen molar-refractivity contribution in [2.24, 2.45) is 0 Å². The van der Waals surface area contributed by atoms with Gasteiger partial charge in [0.25, 0.3) is 11.8 Å². The lowest BCUT2D eigenvalue weighted by atomic mass is 9.87. The molecule has 3 aromatic rings. The van der Waals surface area contributed by atoms with E-state index in [1.54, 1.807) is 39.2 Å². The van der Waals surface area contributed by atoms with Crippen LogP contribution in [0.5, 0.6) is 0 Å². The first-order valence-electron chi connectivity index (χ1n) is 10.3. The van der Waals surface area contributed by atoms with Gasteiger partial charge in [-0.25, -0.2) is 4.98 Å². The van der Waals surface area contributed by atoms with Crippen molar-refractivity contribution in [2.45, 2.75) is 18.9 Å². The van der Waals surface area contributed by atoms with E-state index in [2.05, 4.69) is 4.98 Å². The first-order valence-corrected chi connectivity index (χ1v) is 10.3. The fraction of sp³-hybridized carbons (Fsp3) is 0.192. The summed E-state index contributed by atoms with van der Waals surface area (Å²) in [6.45, 7) is 1.79. The summed E-state index contributed by atoms with van der Waals surface area (Å²) in [6, 6.07) is 21.5. The number of hydrogen-bond acceptors (Lipinski definition) is 3. The Morgan fingerprint density at radius 2 is 1.62 bits per heavy atom. The second kappa shape index (κ2) is 8.38. The van der Waals surface area contributed by atoms with E-state index in [0.29, 0.717) is 23.2 Å². The van der Waals surface area contributed by atoms with Gasteiger partial charge >= 0.3 is 0 Å². The highest BCUT2D eigenvalue weighted by atomic mass is 19.1. The number of rotatable bonds is 4. The van der Waals surface area contributed by atoms with Crippen LogP contribution in [0.15, 0.2) is 78.5 Å². The molecule has 0 spiro atoms. The lowest BCUT2D eigenvalue weighted by Crippen LogP contribution is -2.64. The number of benzene rings is 2. The molecule has 0 N–H and O–H groups in total. The topological polar surface area (TPSA) is 53.5 Å². The molecule has 0 saturated carbocycles. The van der Waals surface area contributed by atoms with Gasteiger partial charge in [0.15, 0.2) is 0 Å². The standard InChI is InChI=1S/C26H24FN3O2/c1-26(17-18-10-5-4-6-11-18)25(32)29(2)22(24(31)30(26)3)16-19-12-7-8-13-20(19)21-14-9-15-23(27)28-21/h4-16H,17H2,1-3H3/b22-16-. The first kappa shape index (κ1) is 21.4. The summed E-state index contributed by atoms with van der Waals surface area (Å²) in [4.78, 5) is 33.7. The highest BCUT2D eigenvalue weighted by Gasteiger charge is 2.48. The van der Waals surface area contributed by atoms with Gasteiger partial charge < -0.3 is 9.80 Å². The van der Waals surface area contributed by atoms with Crippen molar-refractivity contribution in [3.05, 3.63) is 95.6 Å². The number of carbonyl (C=O) groups excluding carboxylic acids is 2. The molecule has 1 aromatic heterocycles. The van der Waals surface area contributed by atoms with Gasteiger partial charge in [0.2, 0.25) is 5.95 Å². The van der Waals surface area contributed by atoms with E-state index in [4.69, 9.17) is 0 Å². The molecule has 1 aliphatic rings. The maximum absolute atomic E-state index is 13.7. The summed E-state index contributed by atoms with van der Waals surface area (Å²) in [5.74, 6) is -1.01. The number of halogens is 1. The molecule has 0 radical (unpaired) electrons. The zero-order valence-electron chi connectivity index (χ0n) is 18.2. The van der Waals surface area contributed by atoms with Crippen LogP contribution in [-0.2, 0) is 16.0 Å². The van der Waals surface area contributed by atoms with Crippen molar-refractivity contribution < 1.29 is 14.0 Å². The minimum absolute atomic E-state index is 0.170. The monoisotopic (exact) mass is 429 g/mol. The maximum Gasteiger partial charge on any atom is 0.271 e. The van der Waals surface area contributed by atoms with Gasteiger partial charge in [0.1, 0.15) is 11.2 Å². The van der Waals surface area contributed by atoms with E-state index >= 15 is 0 Å². The van der Waals surface area contributed by atoms with Crippen molar-refractivity contribution in [2.75, 3.05) is 14.1 Å². The molecule has 4 rings (SSSR count). The molecule has 2 aromatic carbocycles. The molecule has 162 valence electrons. The van der Waals surface area contributed by atoms with Gasteiger partial charge in [-0.15, -0.1) is 0 Å². The zero-order chi connectivity index (χ0) is 22.9. The van der Waals surface area contributed by atoms with E-state index in [-0.39, 0.29) is 17.5 Å². The second-order valence-corrected chi connectivity index (χ2v) is 8.13. The smallest absolute Gasteiger partial charge is 0.271 e. The molecule has 2 heterocycles. The molecule has 1 unspecified atom stereocenters. The highest BCUT2D eigenvalue weighted by molar-refractivity contribution is 6.09. The summed E-state index contributed by atoms with van der Waals surface area (Å²) >= 11 is 0. The molecule has 5 nitrogen and oxygen atoms in total. The van der Waals surface area contributed by atoms with Gasteiger partial charge in [-0.3, -0.25) is 9.59 Å². The molecular weight excluding hydrogens is 405 g/mol. The van der Waals surface area contributed by atoms with Gasteiger partial charge in [-0.1, -0.05) is 60.7 Å². The Labute approximate surface area is 186 Å². The number of nitrogens with zero attached hydrogens (tertiary/aromatic N) is 3. The van der Waals surface area contributed by atoms with Crippen molar-refractivity contribution in [3.8, 4) is 11.3 Å². The van der Waals surface area contributed by atoms with Crippen molar-refractivity contribution in [3.63, 3.8) is 0 Å². The van der Waals surface area contributed by atoms with Crippen molar-refractivity contribution in [1.29, 1.82) is 0 Å². The SMILES string of the molecule is CN1C(=O)C(C)(Cc2ccccc2)N(C)C(=O)/C1=C/c1ccccc1-c1cccc(F)n1. The number of aromatic nitrogens is 1. The van der Waals surface area contributed by atoms with Gasteiger partial charge in [-0.2, -0.15) is 4.39 Å². The number of piperazine rings is 1. The van der Waals surface area contributed by atoms with E-state index < -0.39 is 11.5 Å². The Kier molecular flexibility index (Phi) is 5.61. The van der Waals surface area contributed by atoms with E-state index in [9.17, 15) is 14.0 Å². The molecule has 1 atom stereocenters. The third kappa shape index (κ3) is 3.80. The Bertz CT molecular complexity index is 1210. The minimum atomic E-state index is -1.01. The predicted molar refractivity (Wildman–Crippen MR) is 122 cm³/mol. The Balaban J connectivity index is 1.73. The van der Waals surface area contributed by atoms with Gasteiger partial charge in [0.05, 0.1) is 5.69 Å². The van der Waals surface area contributed by atoms with Crippen LogP contribution in [0.2, 0.25) is 0 Å². The zero-order valence-corrected chi connectivity index (χ0v) is 18.2. The summed E-state index contributed by atoms with van der Waals surface area (Å²) in [5, 5.41) is 0. The maximum atomic E-state index is 13.7. The normalized spacial score (nSPS) is 20.2. The molecule has 2 amide bonds. The molecule has 1 saturated heterocycles. The van der Waals surface area contributed by atoms with Gasteiger partial charge in [0, 0.05) is 26.1 Å². The third-order valence-corrected chi connectivity index (χ3v) is 6.03. The molecule has 0 aliphatic carbocycles. The van der Waals surface area contributed by atoms with Crippen LogP contribution in [0.3, 0.4) is 0 Å². The summed E-state index contributed by atoms with van der Waals surface area (Å²) < 4.78 is 13.7. The number of hydrogen-bond donors (Lipinski definition) is 0. The minimum Gasteiger partial charge on any atom is -0.326 e. The van der Waals surface area contributed by atoms with Crippen LogP contribution in [0.1, 0.15) is 18.1 Å². The molecule has 1 aliphatic heterocycles. The fourth-order valence-electron chi connectivity index (χ4n) is 4.06. The van der Waals surface area contributed by atoms with Crippen LogP contribution >= 0.6 is 0 Å². The third-order valence-electron chi connectivity index (χ3n) is 6.03. The quantitative estimate of drug-likeness (QED) is 0.462. The van der Waals surface area contributed by atoms with Crippen LogP contribution in [0.25, 0.3) is 17.3 Å². The number of carbonyl (C=O) groups is 2. The average Bonchev–Trinajstić information content (AvgIpc) is 2.80. The fourth-order valence-corrected chi connectivity index (χ4v) is 4.06. The Morgan fingerprint density at radius 1 is 0.938 bits per heavy atom. The van der Waals surface area contributed by atoms with Gasteiger partial charge in [-0.05, 0) is 36.3 Å². The van der Waals surface area contributed by atoms with Crippen LogP contribution < -0.4 is 0 Å². The molecular formula is C26H24FN3O2. The summed E-state index contributed by atoms with van der Waals surface area (Å²) in [6.07, 6.45) is 2.08. The summed E-state index contributed by atoms with van der Waals surface area (Å²) in [5.41, 5.74) is 2.03. The van der Waals surface area contributed by atoms with Crippen LogP contribution in [0.4, 0.5) is 4.39 Å². The Morgan fingerprint density at radius 3 is 2.34 bits per heavy atom. The van der Waals surface area contributed by atoms with Crippen LogP contribution in [0, 0.1) is 5.95 Å². The van der Waals surface area contributed by atoms with E-state index in [1.807, 2.05) is 54.6 Å². The van der Waals surface area contributed by atoms with Crippen molar-refractivity contribution in [1.82, 2.24) is 14.8 Å². The first-order chi connectivity index (χ1) is 15.3. The average molecular weight is 429 g/mol. The number of likely N-dealkylation sites (N-methyl/N-ethyl adjacent to an activating group) is 2. The predicted octanol–water partition coefficient (Wildman–Crippen LogP) is 4.16. The molecule has 0 bridgehead atoms. The second-order valence-electron chi connectivity index (χ2n) is 8.13. The van der Waals surface area contributed by atoms with E-state index in [0.717, 1.165) is 5.56 Å². The van der Waals surface area contributed by atoms with Crippen LogP contribution in [-0.4, -0.2) is 46.2 Å². The largest absolute Gasteiger partial charge is 0.326 e. The van der Waals surface area contributed by atoms with E-state index in [1.165, 1.54) is 15.9 Å². The lowest BCUT2D eigenvalue weighted by Gasteiger charge is -2.45. The molecule has 1 fully saturated rings. The Hall–Kier alpha value is -3.80. The molecule has 6 heteroatoms. The van der Waals surface area contributed by atoms with Crippen molar-refractivity contribution >= 4 is 17.9 Å². The number of pyridine rings is 1. The summed E-state index contributed by atoms with van der Waals surface area (Å²) in [7, 11) is 3.27. The lowest BCUT2D eigenvalue weighted by molar-refractivity contribution is -0.155. The highest BCUT2D eigenvalue weighted by Crippen LogP contribution is 2.32. The number of amides is 2. The molecule has 32 heavy (non-hydrogen) atoms.